The van der Waals surface area contributed by atoms with Crippen LogP contribution in [-0.4, -0.2) is 4.92 Å². The highest BCUT2D eigenvalue weighted by molar-refractivity contribution is 5.62. The van der Waals surface area contributed by atoms with Gasteiger partial charge in [0.15, 0.2) is 0 Å². The first kappa shape index (κ1) is 17.4. The van der Waals surface area contributed by atoms with E-state index in [0.29, 0.717) is 0 Å². The second kappa shape index (κ2) is 7.72. The SMILES string of the molecule is O=[N+]([O-])c1ccc([NH+]=c2cc(-c3ccccc3)oc(-c3ccccc3)c2)cc1. The smallest absolute Gasteiger partial charge is 0.269 e. The molecule has 1 aromatic heterocycles. The molecular formula is C23H17N2O3+. The number of non-ortho nitro benzene ring substituents is 1. The van der Waals surface area contributed by atoms with Crippen LogP contribution in [0.4, 0.5) is 11.4 Å². The number of nitro benzene ring substituents is 1. The van der Waals surface area contributed by atoms with Crippen LogP contribution in [0, 0.1) is 10.1 Å². The Morgan fingerprint density at radius 2 is 1.21 bits per heavy atom. The maximum atomic E-state index is 10.8. The third-order valence-electron chi connectivity index (χ3n) is 4.28. The molecule has 0 radical (unpaired) electrons. The molecule has 0 saturated carbocycles. The van der Waals surface area contributed by atoms with Crippen LogP contribution in [0.3, 0.4) is 0 Å². The van der Waals surface area contributed by atoms with Crippen LogP contribution in [-0.2, 0) is 0 Å². The van der Waals surface area contributed by atoms with Crippen molar-refractivity contribution >= 4 is 11.4 Å². The topological polar surface area (TPSA) is 70.2 Å². The average molecular weight is 369 g/mol. The van der Waals surface area contributed by atoms with Crippen molar-refractivity contribution in [2.75, 3.05) is 0 Å². The minimum atomic E-state index is -0.411. The van der Waals surface area contributed by atoms with Crippen LogP contribution in [0.15, 0.2) is 101 Å². The van der Waals surface area contributed by atoms with Crippen molar-refractivity contribution in [2.45, 2.75) is 0 Å². The Morgan fingerprint density at radius 3 is 1.68 bits per heavy atom. The summed E-state index contributed by atoms with van der Waals surface area (Å²) in [6.07, 6.45) is 0. The minimum Gasteiger partial charge on any atom is -0.456 e. The molecule has 4 rings (SSSR count). The van der Waals surface area contributed by atoms with Gasteiger partial charge in [0.2, 0.25) is 11.0 Å². The molecule has 0 fully saturated rings. The number of benzene rings is 3. The van der Waals surface area contributed by atoms with Gasteiger partial charge >= 0.3 is 0 Å². The molecule has 0 spiro atoms. The molecule has 5 nitrogen and oxygen atoms in total. The fourth-order valence-corrected chi connectivity index (χ4v) is 2.90. The van der Waals surface area contributed by atoms with Gasteiger partial charge in [0.25, 0.3) is 5.69 Å². The molecule has 0 bridgehead atoms. The van der Waals surface area contributed by atoms with E-state index in [2.05, 4.69) is 4.99 Å². The van der Waals surface area contributed by atoms with Gasteiger partial charge in [-0.25, -0.2) is 4.99 Å². The first-order chi connectivity index (χ1) is 13.7. The highest BCUT2D eigenvalue weighted by Crippen LogP contribution is 2.24. The van der Waals surface area contributed by atoms with Crippen LogP contribution in [0.2, 0.25) is 0 Å². The van der Waals surface area contributed by atoms with Crippen molar-refractivity contribution in [2.24, 2.45) is 0 Å². The van der Waals surface area contributed by atoms with Crippen molar-refractivity contribution < 1.29 is 14.3 Å². The molecule has 5 heteroatoms. The molecule has 0 aliphatic rings. The van der Waals surface area contributed by atoms with Crippen molar-refractivity contribution in [3.05, 3.63) is 113 Å². The molecule has 1 N–H and O–H groups in total. The van der Waals surface area contributed by atoms with Gasteiger partial charge in [-0.15, -0.1) is 0 Å². The second-order valence-electron chi connectivity index (χ2n) is 6.24. The van der Waals surface area contributed by atoms with Gasteiger partial charge in [-0.3, -0.25) is 10.1 Å². The Bertz CT molecular complexity index is 1110. The monoisotopic (exact) mass is 369 g/mol. The van der Waals surface area contributed by atoms with Gasteiger partial charge in [0.1, 0.15) is 11.5 Å². The van der Waals surface area contributed by atoms with Crippen LogP contribution in [0.25, 0.3) is 22.6 Å². The van der Waals surface area contributed by atoms with Crippen molar-refractivity contribution in [1.82, 2.24) is 0 Å². The van der Waals surface area contributed by atoms with E-state index in [0.717, 1.165) is 33.7 Å². The molecule has 0 aliphatic heterocycles. The standard InChI is InChI=1S/C23H16N2O3/c26-25(27)21-13-11-19(12-14-21)24-20-15-22(17-7-3-1-4-8-17)28-23(16-20)18-9-5-2-6-10-18/h1-16H/p+1. The summed E-state index contributed by atoms with van der Waals surface area (Å²) in [5, 5.41) is 11.7. The van der Waals surface area contributed by atoms with Gasteiger partial charge in [0, 0.05) is 35.4 Å². The highest BCUT2D eigenvalue weighted by Gasteiger charge is 2.10. The van der Waals surface area contributed by atoms with E-state index < -0.39 is 4.92 Å². The number of nitro groups is 1. The lowest BCUT2D eigenvalue weighted by atomic mass is 10.1. The molecule has 0 atom stereocenters. The summed E-state index contributed by atoms with van der Waals surface area (Å²) in [7, 11) is 0. The van der Waals surface area contributed by atoms with Crippen LogP contribution in [0.5, 0.6) is 0 Å². The summed E-state index contributed by atoms with van der Waals surface area (Å²) in [6, 6.07) is 29.9. The van der Waals surface area contributed by atoms with Crippen LogP contribution < -0.4 is 10.3 Å². The first-order valence-corrected chi connectivity index (χ1v) is 8.79. The lowest BCUT2D eigenvalue weighted by Gasteiger charge is -2.04. The minimum absolute atomic E-state index is 0.0589. The molecule has 0 aliphatic carbocycles. The summed E-state index contributed by atoms with van der Waals surface area (Å²) < 4.78 is 6.15. The Balaban J connectivity index is 1.85. The van der Waals surface area contributed by atoms with E-state index in [9.17, 15) is 10.1 Å². The first-order valence-electron chi connectivity index (χ1n) is 8.79. The zero-order valence-electron chi connectivity index (χ0n) is 14.9. The van der Waals surface area contributed by atoms with E-state index in [1.807, 2.05) is 72.8 Å². The Labute approximate surface area is 161 Å². The third kappa shape index (κ3) is 3.88. The lowest BCUT2D eigenvalue weighted by molar-refractivity contribution is -0.403. The number of hydrogen-bond acceptors (Lipinski definition) is 3. The second-order valence-corrected chi connectivity index (χ2v) is 6.24. The van der Waals surface area contributed by atoms with Crippen LogP contribution >= 0.6 is 0 Å². The highest BCUT2D eigenvalue weighted by atomic mass is 16.6. The number of hydrogen-bond donors (Lipinski definition) is 1. The van der Waals surface area contributed by atoms with Gasteiger partial charge < -0.3 is 4.42 Å². The normalized spacial score (nSPS) is 10.4. The maximum Gasteiger partial charge on any atom is 0.269 e. The van der Waals surface area contributed by atoms with Gasteiger partial charge in [-0.1, -0.05) is 60.7 Å². The summed E-state index contributed by atoms with van der Waals surface area (Å²) in [4.78, 5) is 13.7. The van der Waals surface area contributed by atoms with Crippen molar-refractivity contribution in [3.63, 3.8) is 0 Å². The Hall–Kier alpha value is -3.99. The molecular weight excluding hydrogens is 352 g/mol. The zero-order chi connectivity index (χ0) is 19.3. The number of nitrogens with one attached hydrogen (secondary N) is 1. The quantitative estimate of drug-likeness (QED) is 0.439. The summed E-state index contributed by atoms with van der Waals surface area (Å²) in [6.45, 7) is 0. The van der Waals surface area contributed by atoms with E-state index in [4.69, 9.17) is 4.42 Å². The number of nitrogens with zero attached hydrogens (tertiary/aromatic N) is 1. The zero-order valence-corrected chi connectivity index (χ0v) is 14.9. The molecule has 28 heavy (non-hydrogen) atoms. The molecule has 1 heterocycles. The van der Waals surface area contributed by atoms with E-state index >= 15 is 0 Å². The number of rotatable bonds is 4. The molecule has 136 valence electrons. The van der Waals surface area contributed by atoms with Crippen molar-refractivity contribution in [1.29, 1.82) is 0 Å². The van der Waals surface area contributed by atoms with E-state index in [1.165, 1.54) is 12.1 Å². The van der Waals surface area contributed by atoms with Gasteiger partial charge in [0.05, 0.1) is 17.1 Å². The molecule has 0 amide bonds. The summed E-state index contributed by atoms with van der Waals surface area (Å²) in [5.74, 6) is 1.46. The van der Waals surface area contributed by atoms with Gasteiger partial charge in [-0.05, 0) is 0 Å². The molecule has 3 aromatic carbocycles. The summed E-state index contributed by atoms with van der Waals surface area (Å²) in [5.41, 5.74) is 2.75. The fourth-order valence-electron chi connectivity index (χ4n) is 2.90. The molecule has 0 unspecified atom stereocenters. The largest absolute Gasteiger partial charge is 0.456 e. The van der Waals surface area contributed by atoms with Crippen LogP contribution in [0.1, 0.15) is 0 Å². The lowest BCUT2D eigenvalue weighted by Crippen LogP contribution is -2.70. The average Bonchev–Trinajstić information content (AvgIpc) is 2.75. The maximum absolute atomic E-state index is 10.8. The van der Waals surface area contributed by atoms with Crippen molar-refractivity contribution in [3.8, 4) is 22.6 Å². The Kier molecular flexibility index (Phi) is 4.80. The van der Waals surface area contributed by atoms with E-state index in [1.54, 1.807) is 12.1 Å². The molecule has 4 aromatic rings. The van der Waals surface area contributed by atoms with Gasteiger partial charge in [-0.2, -0.15) is 0 Å². The fraction of sp³-hybridized carbons (Fsp3) is 0. The predicted octanol–water partition coefficient (Wildman–Crippen LogP) is 3.83. The Morgan fingerprint density at radius 1 is 0.714 bits per heavy atom. The van der Waals surface area contributed by atoms with E-state index in [-0.39, 0.29) is 5.69 Å². The summed E-state index contributed by atoms with van der Waals surface area (Å²) >= 11 is 0. The third-order valence-corrected chi connectivity index (χ3v) is 4.28. The molecule has 0 saturated heterocycles. The predicted molar refractivity (Wildman–Crippen MR) is 106 cm³/mol.